The number of nitriles is 1. The number of hydrogen-bond acceptors (Lipinski definition) is 5. The van der Waals surface area contributed by atoms with Crippen molar-refractivity contribution >= 4 is 11.7 Å². The fraction of sp³-hybridized carbons (Fsp3) is 0.217. The number of carbonyl (C=O) groups is 1. The summed E-state index contributed by atoms with van der Waals surface area (Å²) in [5, 5.41) is 9.36. The Balaban J connectivity index is 0.000000994. The molecule has 2 heterocycles. The van der Waals surface area contributed by atoms with Crippen LogP contribution in [0.1, 0.15) is 40.2 Å². The van der Waals surface area contributed by atoms with Gasteiger partial charge in [0.2, 0.25) is 0 Å². The minimum Gasteiger partial charge on any atom is -0.382 e. The third-order valence-corrected chi connectivity index (χ3v) is 5.36. The van der Waals surface area contributed by atoms with Crippen molar-refractivity contribution in [2.45, 2.75) is 25.2 Å². The van der Waals surface area contributed by atoms with E-state index in [0.29, 0.717) is 18.1 Å². The highest BCUT2D eigenvalue weighted by Crippen LogP contribution is 2.40. The zero-order valence-corrected chi connectivity index (χ0v) is 15.9. The molecule has 0 spiro atoms. The lowest BCUT2D eigenvalue weighted by molar-refractivity contribution is 0.0946. The number of fused-ring (bicyclic) bond motifs is 1. The number of anilines is 1. The Kier molecular flexibility index (Phi) is 4.96. The van der Waals surface area contributed by atoms with Crippen LogP contribution < -0.4 is 11.1 Å². The molecular formula is C23H21N5O. The SMILES string of the molecule is C#N.Nc1ncc(-c2ccc(C3CC3)cc2)nc1-c1ccc2c(c1)CCNC2=O. The molecule has 2 aliphatic rings. The maximum atomic E-state index is 12.0. The van der Waals surface area contributed by atoms with Gasteiger partial charge in [0.05, 0.1) is 11.9 Å². The summed E-state index contributed by atoms with van der Waals surface area (Å²) < 4.78 is 0. The summed E-state index contributed by atoms with van der Waals surface area (Å²) in [5.74, 6) is 1.11. The lowest BCUT2D eigenvalue weighted by Gasteiger charge is -2.17. The van der Waals surface area contributed by atoms with Crippen molar-refractivity contribution in [3.63, 3.8) is 0 Å². The highest BCUT2D eigenvalue weighted by molar-refractivity contribution is 5.97. The van der Waals surface area contributed by atoms with Crippen LogP contribution in [0.4, 0.5) is 5.82 Å². The van der Waals surface area contributed by atoms with E-state index in [1.165, 1.54) is 18.4 Å². The van der Waals surface area contributed by atoms with Crippen molar-refractivity contribution < 1.29 is 4.79 Å². The maximum absolute atomic E-state index is 12.0. The van der Waals surface area contributed by atoms with E-state index in [1.807, 2.05) is 18.2 Å². The first kappa shape index (κ1) is 18.6. The van der Waals surface area contributed by atoms with E-state index < -0.39 is 0 Å². The second kappa shape index (κ2) is 7.72. The molecule has 0 saturated heterocycles. The van der Waals surface area contributed by atoms with Gasteiger partial charge in [-0.3, -0.25) is 4.79 Å². The summed E-state index contributed by atoms with van der Waals surface area (Å²) >= 11 is 0. The summed E-state index contributed by atoms with van der Waals surface area (Å²) in [5.41, 5.74) is 12.7. The molecule has 6 nitrogen and oxygen atoms in total. The van der Waals surface area contributed by atoms with Gasteiger partial charge in [-0.15, -0.1) is 0 Å². The van der Waals surface area contributed by atoms with Crippen LogP contribution in [0.3, 0.4) is 0 Å². The molecule has 5 rings (SSSR count). The van der Waals surface area contributed by atoms with Gasteiger partial charge in [-0.25, -0.2) is 15.2 Å². The number of hydrogen-bond donors (Lipinski definition) is 2. The van der Waals surface area contributed by atoms with E-state index in [0.717, 1.165) is 40.3 Å². The lowest BCUT2D eigenvalue weighted by Crippen LogP contribution is -2.31. The molecule has 6 heteroatoms. The Morgan fingerprint density at radius 3 is 2.52 bits per heavy atom. The van der Waals surface area contributed by atoms with Crippen molar-refractivity contribution in [3.05, 3.63) is 65.4 Å². The molecule has 0 radical (unpaired) electrons. The van der Waals surface area contributed by atoms with Gasteiger partial charge >= 0.3 is 0 Å². The predicted octanol–water partition coefficient (Wildman–Crippen LogP) is 3.70. The number of benzene rings is 2. The maximum Gasteiger partial charge on any atom is 0.251 e. The fourth-order valence-electron chi connectivity index (χ4n) is 3.67. The van der Waals surface area contributed by atoms with Gasteiger partial charge in [-0.05, 0) is 48.4 Å². The molecule has 1 aromatic heterocycles. The zero-order chi connectivity index (χ0) is 20.4. The Bertz CT molecular complexity index is 1080. The van der Waals surface area contributed by atoms with Crippen molar-refractivity contribution in [1.29, 1.82) is 5.26 Å². The van der Waals surface area contributed by atoms with E-state index in [2.05, 4.69) is 41.1 Å². The molecule has 144 valence electrons. The van der Waals surface area contributed by atoms with Gasteiger partial charge in [-0.2, -0.15) is 0 Å². The van der Waals surface area contributed by atoms with E-state index in [1.54, 1.807) is 6.20 Å². The third kappa shape index (κ3) is 3.67. The monoisotopic (exact) mass is 383 g/mol. The minimum atomic E-state index is -0.0219. The molecule has 3 N–H and O–H groups in total. The highest BCUT2D eigenvalue weighted by Gasteiger charge is 2.23. The molecule has 2 aromatic carbocycles. The standard InChI is InChI=1S/C22H20N4O.CHN/c23-21-20(17-7-8-18-16(11-17)9-10-24-22(18)27)26-19(12-25-21)15-5-3-14(4-6-15)13-1-2-13;1-2/h3-8,11-13H,1-2,9-10H2,(H2,23,25)(H,24,27);1H. The fourth-order valence-corrected chi connectivity index (χ4v) is 3.67. The molecule has 1 aliphatic carbocycles. The molecule has 1 amide bonds. The van der Waals surface area contributed by atoms with Crippen LogP contribution in [0.5, 0.6) is 0 Å². The van der Waals surface area contributed by atoms with E-state index in [9.17, 15) is 4.79 Å². The second-order valence-corrected chi connectivity index (χ2v) is 7.26. The number of rotatable bonds is 3. The van der Waals surface area contributed by atoms with Gasteiger partial charge in [0.1, 0.15) is 11.5 Å². The number of amides is 1. The summed E-state index contributed by atoms with van der Waals surface area (Å²) in [6.45, 7) is 4.16. The molecule has 1 fully saturated rings. The second-order valence-electron chi connectivity index (χ2n) is 7.26. The van der Waals surface area contributed by atoms with E-state index in [-0.39, 0.29) is 5.91 Å². The lowest BCUT2D eigenvalue weighted by atomic mass is 9.96. The number of carbonyl (C=O) groups excluding carboxylic acids is 1. The molecule has 1 aliphatic heterocycles. The van der Waals surface area contributed by atoms with E-state index >= 15 is 0 Å². The van der Waals surface area contributed by atoms with Crippen molar-refractivity contribution in [2.24, 2.45) is 0 Å². The molecular weight excluding hydrogens is 362 g/mol. The summed E-state index contributed by atoms with van der Waals surface area (Å²) in [6.07, 6.45) is 5.12. The minimum absolute atomic E-state index is 0.0219. The van der Waals surface area contributed by atoms with Crippen LogP contribution in [-0.2, 0) is 6.42 Å². The van der Waals surface area contributed by atoms with Crippen LogP contribution in [0.2, 0.25) is 0 Å². The summed E-state index contributed by atoms with van der Waals surface area (Å²) in [4.78, 5) is 21.1. The first-order chi connectivity index (χ1) is 14.2. The van der Waals surface area contributed by atoms with Crippen LogP contribution in [0.25, 0.3) is 22.5 Å². The van der Waals surface area contributed by atoms with Gasteiger partial charge in [0.25, 0.3) is 5.91 Å². The first-order valence-corrected chi connectivity index (χ1v) is 9.59. The molecule has 29 heavy (non-hydrogen) atoms. The molecule has 0 bridgehead atoms. The average molecular weight is 383 g/mol. The Hall–Kier alpha value is -3.72. The van der Waals surface area contributed by atoms with Crippen molar-refractivity contribution in [3.8, 4) is 29.1 Å². The van der Waals surface area contributed by atoms with Gasteiger partial charge in [-0.1, -0.05) is 30.3 Å². The number of nitrogens with two attached hydrogens (primary N) is 1. The summed E-state index contributed by atoms with van der Waals surface area (Å²) in [7, 11) is 0. The summed E-state index contributed by atoms with van der Waals surface area (Å²) in [6, 6.07) is 14.3. The normalized spacial score (nSPS) is 14.9. The topological polar surface area (TPSA) is 105 Å². The number of nitrogen functional groups attached to an aromatic ring is 1. The Morgan fingerprint density at radius 2 is 1.79 bits per heavy atom. The number of aromatic nitrogens is 2. The first-order valence-electron chi connectivity index (χ1n) is 9.59. The van der Waals surface area contributed by atoms with E-state index in [4.69, 9.17) is 16.0 Å². The smallest absolute Gasteiger partial charge is 0.251 e. The van der Waals surface area contributed by atoms with Crippen LogP contribution in [0.15, 0.2) is 48.7 Å². The van der Waals surface area contributed by atoms with Crippen molar-refractivity contribution in [1.82, 2.24) is 15.3 Å². The highest BCUT2D eigenvalue weighted by atomic mass is 16.1. The molecule has 0 unspecified atom stereocenters. The Labute approximate surface area is 169 Å². The van der Waals surface area contributed by atoms with Crippen LogP contribution in [-0.4, -0.2) is 22.4 Å². The van der Waals surface area contributed by atoms with Crippen LogP contribution in [0, 0.1) is 11.8 Å². The molecule has 0 atom stereocenters. The molecule has 1 saturated carbocycles. The van der Waals surface area contributed by atoms with Gasteiger partial charge in [0.15, 0.2) is 0 Å². The van der Waals surface area contributed by atoms with Gasteiger partial charge in [0, 0.05) is 29.8 Å². The Morgan fingerprint density at radius 1 is 1.07 bits per heavy atom. The van der Waals surface area contributed by atoms with Crippen LogP contribution >= 0.6 is 0 Å². The molecule has 3 aromatic rings. The largest absolute Gasteiger partial charge is 0.382 e. The predicted molar refractivity (Wildman–Crippen MR) is 112 cm³/mol. The van der Waals surface area contributed by atoms with Gasteiger partial charge < -0.3 is 11.1 Å². The number of nitrogens with one attached hydrogen (secondary N) is 1. The number of nitrogens with zero attached hydrogens (tertiary/aromatic N) is 3. The average Bonchev–Trinajstić information content (AvgIpc) is 3.61. The third-order valence-electron chi connectivity index (χ3n) is 5.36. The quantitative estimate of drug-likeness (QED) is 0.717. The zero-order valence-electron chi connectivity index (χ0n) is 15.9. The van der Waals surface area contributed by atoms with Crippen molar-refractivity contribution in [2.75, 3.05) is 12.3 Å².